The molecule has 0 unspecified atom stereocenters. The van der Waals surface area contributed by atoms with Crippen LogP contribution in [0.3, 0.4) is 0 Å². The first kappa shape index (κ1) is 21.7. The van der Waals surface area contributed by atoms with E-state index in [2.05, 4.69) is 41.2 Å². The van der Waals surface area contributed by atoms with Crippen LogP contribution in [0.15, 0.2) is 46.9 Å². The molecule has 0 saturated carbocycles. The van der Waals surface area contributed by atoms with E-state index < -0.39 is 0 Å². The minimum Gasteiger partial charge on any atom is -0.392 e. The SMILES string of the molecule is CC(C)Cc1nc2c(nc1NC(=O)Cc1ccc(Br)cc1)CCc1cc(CO)ccc1-2. The van der Waals surface area contributed by atoms with Crippen molar-refractivity contribution in [2.24, 2.45) is 5.92 Å². The lowest BCUT2D eigenvalue weighted by Crippen LogP contribution is -2.20. The Labute approximate surface area is 191 Å². The van der Waals surface area contributed by atoms with E-state index in [4.69, 9.17) is 9.97 Å². The molecular formula is C25H26BrN3O2. The Kier molecular flexibility index (Phi) is 6.49. The van der Waals surface area contributed by atoms with Crippen LogP contribution in [0.2, 0.25) is 0 Å². The number of aryl methyl sites for hydroxylation is 2. The van der Waals surface area contributed by atoms with Gasteiger partial charge < -0.3 is 10.4 Å². The number of benzene rings is 2. The van der Waals surface area contributed by atoms with E-state index in [0.717, 1.165) is 57.5 Å². The summed E-state index contributed by atoms with van der Waals surface area (Å²) in [4.78, 5) is 22.6. The zero-order valence-corrected chi connectivity index (χ0v) is 19.4. The maximum atomic E-state index is 12.7. The number of amides is 1. The first-order chi connectivity index (χ1) is 14.9. The molecule has 0 aliphatic heterocycles. The monoisotopic (exact) mass is 479 g/mol. The zero-order chi connectivity index (χ0) is 22.0. The number of nitrogens with zero attached hydrogens (tertiary/aromatic N) is 2. The molecule has 0 atom stereocenters. The Morgan fingerprint density at radius 2 is 1.84 bits per heavy atom. The van der Waals surface area contributed by atoms with E-state index in [0.29, 0.717) is 18.2 Å². The molecule has 6 heteroatoms. The van der Waals surface area contributed by atoms with E-state index >= 15 is 0 Å². The van der Waals surface area contributed by atoms with Crippen molar-refractivity contribution in [1.29, 1.82) is 0 Å². The molecule has 31 heavy (non-hydrogen) atoms. The van der Waals surface area contributed by atoms with Crippen molar-refractivity contribution in [2.75, 3.05) is 5.32 Å². The molecular weight excluding hydrogens is 454 g/mol. The van der Waals surface area contributed by atoms with Crippen LogP contribution in [0.4, 0.5) is 5.82 Å². The third-order valence-corrected chi connectivity index (χ3v) is 5.94. The van der Waals surface area contributed by atoms with Gasteiger partial charge in [0.15, 0.2) is 5.82 Å². The molecule has 1 heterocycles. The first-order valence-electron chi connectivity index (χ1n) is 10.6. The van der Waals surface area contributed by atoms with E-state index in [1.54, 1.807) is 0 Å². The van der Waals surface area contributed by atoms with Gasteiger partial charge in [0.05, 0.1) is 30.1 Å². The van der Waals surface area contributed by atoms with E-state index in [1.165, 1.54) is 5.56 Å². The molecule has 0 saturated heterocycles. The van der Waals surface area contributed by atoms with Crippen molar-refractivity contribution < 1.29 is 9.90 Å². The number of aliphatic hydroxyl groups excluding tert-OH is 1. The minimum atomic E-state index is -0.0922. The fraction of sp³-hybridized carbons (Fsp3) is 0.320. The summed E-state index contributed by atoms with van der Waals surface area (Å²) in [7, 11) is 0. The lowest BCUT2D eigenvalue weighted by molar-refractivity contribution is -0.115. The number of hydrogen-bond donors (Lipinski definition) is 2. The largest absolute Gasteiger partial charge is 0.392 e. The standard InChI is InChI=1S/C25H26BrN3O2/c1-15(2)11-22-25(29-23(31)13-16-3-7-19(26)8-4-16)28-21-10-6-18-12-17(14-30)5-9-20(18)24(21)27-22/h3-5,7-9,12,15,30H,6,10-11,13-14H2,1-2H3,(H,28,29,31). The fourth-order valence-electron chi connectivity index (χ4n) is 3.92. The van der Waals surface area contributed by atoms with Gasteiger partial charge in [0, 0.05) is 10.0 Å². The van der Waals surface area contributed by atoms with Gasteiger partial charge in [-0.3, -0.25) is 4.79 Å². The average Bonchev–Trinajstić information content (AvgIpc) is 2.75. The van der Waals surface area contributed by atoms with Crippen molar-refractivity contribution in [3.63, 3.8) is 0 Å². The second-order valence-electron chi connectivity index (χ2n) is 8.41. The predicted octanol–water partition coefficient (Wildman–Crippen LogP) is 4.88. The van der Waals surface area contributed by atoms with Gasteiger partial charge in [0.1, 0.15) is 0 Å². The highest BCUT2D eigenvalue weighted by atomic mass is 79.9. The topological polar surface area (TPSA) is 75.1 Å². The van der Waals surface area contributed by atoms with Crippen molar-refractivity contribution in [2.45, 2.75) is 46.1 Å². The van der Waals surface area contributed by atoms with Crippen LogP contribution in [0, 0.1) is 5.92 Å². The molecule has 1 aliphatic rings. The minimum absolute atomic E-state index is 0.0355. The third kappa shape index (κ3) is 5.02. The number of carbonyl (C=O) groups is 1. The van der Waals surface area contributed by atoms with Crippen LogP contribution in [0.5, 0.6) is 0 Å². The van der Waals surface area contributed by atoms with Crippen LogP contribution < -0.4 is 5.32 Å². The molecule has 2 N–H and O–H groups in total. The molecule has 4 rings (SSSR count). The second-order valence-corrected chi connectivity index (χ2v) is 9.33. The highest BCUT2D eigenvalue weighted by molar-refractivity contribution is 9.10. The van der Waals surface area contributed by atoms with Gasteiger partial charge in [0.25, 0.3) is 0 Å². The van der Waals surface area contributed by atoms with Gasteiger partial charge in [-0.2, -0.15) is 0 Å². The number of carbonyl (C=O) groups excluding carboxylic acids is 1. The maximum Gasteiger partial charge on any atom is 0.229 e. The third-order valence-electron chi connectivity index (χ3n) is 5.42. The number of halogens is 1. The average molecular weight is 480 g/mol. The van der Waals surface area contributed by atoms with Crippen LogP contribution >= 0.6 is 15.9 Å². The van der Waals surface area contributed by atoms with Gasteiger partial charge in [-0.15, -0.1) is 0 Å². The molecule has 1 aliphatic carbocycles. The van der Waals surface area contributed by atoms with Crippen LogP contribution in [-0.4, -0.2) is 21.0 Å². The van der Waals surface area contributed by atoms with Crippen LogP contribution in [-0.2, 0) is 37.1 Å². The summed E-state index contributed by atoms with van der Waals surface area (Å²) in [6.45, 7) is 4.31. The number of aromatic nitrogens is 2. The van der Waals surface area contributed by atoms with Gasteiger partial charge in [0.2, 0.25) is 5.91 Å². The Balaban J connectivity index is 1.65. The summed E-state index contributed by atoms with van der Waals surface area (Å²) < 4.78 is 0.989. The Morgan fingerprint density at radius 3 is 2.55 bits per heavy atom. The lowest BCUT2D eigenvalue weighted by Gasteiger charge is -2.22. The molecule has 1 aromatic heterocycles. The number of rotatable bonds is 6. The zero-order valence-electron chi connectivity index (χ0n) is 17.8. The quantitative estimate of drug-likeness (QED) is 0.528. The Morgan fingerprint density at radius 1 is 1.10 bits per heavy atom. The maximum absolute atomic E-state index is 12.7. The summed E-state index contributed by atoms with van der Waals surface area (Å²) >= 11 is 3.42. The molecule has 1 amide bonds. The summed E-state index contributed by atoms with van der Waals surface area (Å²) in [5.41, 5.74) is 6.75. The predicted molar refractivity (Wildman–Crippen MR) is 126 cm³/mol. The van der Waals surface area contributed by atoms with Crippen LogP contribution in [0.25, 0.3) is 11.3 Å². The molecule has 0 radical (unpaired) electrons. The number of nitrogens with one attached hydrogen (secondary N) is 1. The summed E-state index contributed by atoms with van der Waals surface area (Å²) in [6.07, 6.45) is 2.64. The summed E-state index contributed by atoms with van der Waals surface area (Å²) in [5.74, 6) is 0.865. The highest BCUT2D eigenvalue weighted by Gasteiger charge is 2.23. The van der Waals surface area contributed by atoms with E-state index in [-0.39, 0.29) is 12.5 Å². The number of anilines is 1. The van der Waals surface area contributed by atoms with Crippen molar-refractivity contribution in [3.05, 3.63) is 75.0 Å². The van der Waals surface area contributed by atoms with Gasteiger partial charge >= 0.3 is 0 Å². The van der Waals surface area contributed by atoms with E-state index in [9.17, 15) is 9.90 Å². The van der Waals surface area contributed by atoms with Gasteiger partial charge in [-0.25, -0.2) is 9.97 Å². The van der Waals surface area contributed by atoms with Gasteiger partial charge in [-0.1, -0.05) is 60.1 Å². The molecule has 5 nitrogen and oxygen atoms in total. The lowest BCUT2D eigenvalue weighted by atomic mass is 9.90. The number of hydrogen-bond acceptors (Lipinski definition) is 4. The Hall–Kier alpha value is -2.57. The smallest absolute Gasteiger partial charge is 0.229 e. The van der Waals surface area contributed by atoms with Gasteiger partial charge in [-0.05, 0) is 54.0 Å². The molecule has 160 valence electrons. The summed E-state index contributed by atoms with van der Waals surface area (Å²) in [6, 6.07) is 13.8. The van der Waals surface area contributed by atoms with E-state index in [1.807, 2.05) is 36.4 Å². The molecule has 0 bridgehead atoms. The summed E-state index contributed by atoms with van der Waals surface area (Å²) in [5, 5.41) is 12.5. The normalized spacial score (nSPS) is 12.4. The molecule has 2 aromatic carbocycles. The molecule has 0 fully saturated rings. The number of aliphatic hydroxyl groups is 1. The van der Waals surface area contributed by atoms with Crippen molar-refractivity contribution in [1.82, 2.24) is 9.97 Å². The second kappa shape index (κ2) is 9.28. The molecule has 3 aromatic rings. The van der Waals surface area contributed by atoms with Crippen molar-refractivity contribution >= 4 is 27.7 Å². The number of fused-ring (bicyclic) bond motifs is 3. The van der Waals surface area contributed by atoms with Crippen molar-refractivity contribution in [3.8, 4) is 11.3 Å². The highest BCUT2D eigenvalue weighted by Crippen LogP contribution is 2.34. The Bertz CT molecular complexity index is 1110. The fourth-order valence-corrected chi connectivity index (χ4v) is 4.19. The molecule has 0 spiro atoms. The first-order valence-corrected chi connectivity index (χ1v) is 11.4. The van der Waals surface area contributed by atoms with Crippen LogP contribution in [0.1, 0.15) is 41.9 Å².